The van der Waals surface area contributed by atoms with E-state index in [0.29, 0.717) is 18.1 Å². The maximum atomic E-state index is 9.72. The molecule has 0 radical (unpaired) electrons. The summed E-state index contributed by atoms with van der Waals surface area (Å²) in [7, 11) is 0. The van der Waals surface area contributed by atoms with Gasteiger partial charge in [-0.15, -0.1) is 0 Å². The third-order valence-electron chi connectivity index (χ3n) is 3.45. The Kier molecular flexibility index (Phi) is 3.25. The van der Waals surface area contributed by atoms with E-state index in [0.717, 1.165) is 17.0 Å². The number of nitriles is 1. The molecule has 0 aromatic heterocycles. The van der Waals surface area contributed by atoms with Crippen LogP contribution in [0, 0.1) is 11.3 Å². The molecular weight excluding hydrogens is 272 g/mol. The van der Waals surface area contributed by atoms with E-state index in [4.69, 9.17) is 16.3 Å². The molecule has 3 rings (SSSR count). The standard InChI is InChI=1S/C16H13ClN2O/c17-12-4-3-5-13(10-12)19-16(11-18)8-9-20-15-7-2-1-6-14(15)16/h1-7,10,19H,8-9H2. The van der Waals surface area contributed by atoms with E-state index in [1.54, 1.807) is 0 Å². The highest BCUT2D eigenvalue weighted by molar-refractivity contribution is 6.30. The van der Waals surface area contributed by atoms with Crippen LogP contribution in [0.4, 0.5) is 5.69 Å². The summed E-state index contributed by atoms with van der Waals surface area (Å²) in [4.78, 5) is 0. The normalized spacial score (nSPS) is 20.4. The summed E-state index contributed by atoms with van der Waals surface area (Å²) in [5, 5.41) is 13.7. The van der Waals surface area contributed by atoms with Gasteiger partial charge < -0.3 is 10.1 Å². The van der Waals surface area contributed by atoms with Crippen LogP contribution in [0.3, 0.4) is 0 Å². The molecule has 2 aromatic rings. The van der Waals surface area contributed by atoms with Crippen molar-refractivity contribution >= 4 is 17.3 Å². The SMILES string of the molecule is N#CC1(Nc2cccc(Cl)c2)CCOc2ccccc21. The van der Waals surface area contributed by atoms with Crippen LogP contribution in [0.15, 0.2) is 48.5 Å². The third kappa shape index (κ3) is 2.19. The molecule has 1 aliphatic rings. The minimum Gasteiger partial charge on any atom is -0.493 e. The van der Waals surface area contributed by atoms with Crippen molar-refractivity contribution in [3.05, 3.63) is 59.1 Å². The van der Waals surface area contributed by atoms with E-state index in [9.17, 15) is 5.26 Å². The van der Waals surface area contributed by atoms with Gasteiger partial charge in [0.25, 0.3) is 0 Å². The Labute approximate surface area is 122 Å². The van der Waals surface area contributed by atoms with Crippen molar-refractivity contribution in [2.24, 2.45) is 0 Å². The lowest BCUT2D eigenvalue weighted by atomic mass is 9.85. The van der Waals surface area contributed by atoms with Crippen LogP contribution in [-0.4, -0.2) is 6.61 Å². The minimum absolute atomic E-state index is 0.512. The van der Waals surface area contributed by atoms with Crippen molar-refractivity contribution in [3.63, 3.8) is 0 Å². The minimum atomic E-state index is -0.778. The average molecular weight is 285 g/mol. The molecule has 3 nitrogen and oxygen atoms in total. The number of anilines is 1. The van der Waals surface area contributed by atoms with Crippen molar-refractivity contribution in [2.75, 3.05) is 11.9 Å². The van der Waals surface area contributed by atoms with Gasteiger partial charge in [0.2, 0.25) is 0 Å². The van der Waals surface area contributed by atoms with Crippen LogP contribution >= 0.6 is 11.6 Å². The second-order valence-corrected chi connectivity index (χ2v) is 5.18. The Morgan fingerprint density at radius 2 is 2.05 bits per heavy atom. The first kappa shape index (κ1) is 12.8. The van der Waals surface area contributed by atoms with Gasteiger partial charge in [0.15, 0.2) is 5.54 Å². The number of benzene rings is 2. The Morgan fingerprint density at radius 1 is 1.20 bits per heavy atom. The first-order valence-electron chi connectivity index (χ1n) is 6.41. The van der Waals surface area contributed by atoms with Gasteiger partial charge in [-0.05, 0) is 24.3 Å². The molecule has 0 spiro atoms. The number of rotatable bonds is 2. The van der Waals surface area contributed by atoms with Crippen molar-refractivity contribution < 1.29 is 4.74 Å². The molecule has 0 bridgehead atoms. The molecule has 1 heterocycles. The van der Waals surface area contributed by atoms with Gasteiger partial charge in [0.05, 0.1) is 12.7 Å². The molecule has 100 valence electrons. The van der Waals surface area contributed by atoms with Crippen molar-refractivity contribution in [1.82, 2.24) is 0 Å². The van der Waals surface area contributed by atoms with Crippen LogP contribution in [0.25, 0.3) is 0 Å². The van der Waals surface area contributed by atoms with Crippen LogP contribution in [0.1, 0.15) is 12.0 Å². The Bertz CT molecular complexity index is 680. The second-order valence-electron chi connectivity index (χ2n) is 4.75. The number of hydrogen-bond donors (Lipinski definition) is 1. The zero-order valence-corrected chi connectivity index (χ0v) is 11.5. The van der Waals surface area contributed by atoms with Gasteiger partial charge in [-0.3, -0.25) is 0 Å². The molecule has 1 atom stereocenters. The summed E-state index contributed by atoms with van der Waals surface area (Å²) in [6, 6.07) is 17.4. The smallest absolute Gasteiger partial charge is 0.157 e. The molecule has 0 aliphatic carbocycles. The van der Waals surface area contributed by atoms with Crippen molar-refractivity contribution in [3.8, 4) is 11.8 Å². The van der Waals surface area contributed by atoms with E-state index in [1.807, 2.05) is 48.5 Å². The summed E-state index contributed by atoms with van der Waals surface area (Å²) >= 11 is 6.00. The highest BCUT2D eigenvalue weighted by atomic mass is 35.5. The summed E-state index contributed by atoms with van der Waals surface area (Å²) in [6.45, 7) is 0.512. The van der Waals surface area contributed by atoms with E-state index in [1.165, 1.54) is 0 Å². The van der Waals surface area contributed by atoms with Crippen LogP contribution in [0.2, 0.25) is 5.02 Å². The van der Waals surface area contributed by atoms with Crippen LogP contribution < -0.4 is 10.1 Å². The first-order valence-corrected chi connectivity index (χ1v) is 6.79. The summed E-state index contributed by atoms with van der Waals surface area (Å²) in [6.07, 6.45) is 0.590. The van der Waals surface area contributed by atoms with E-state index >= 15 is 0 Å². The van der Waals surface area contributed by atoms with Gasteiger partial charge in [0.1, 0.15) is 5.75 Å². The third-order valence-corrected chi connectivity index (χ3v) is 3.69. The number of nitrogens with zero attached hydrogens (tertiary/aromatic N) is 1. The van der Waals surface area contributed by atoms with E-state index in [-0.39, 0.29) is 0 Å². The molecule has 1 N–H and O–H groups in total. The maximum absolute atomic E-state index is 9.72. The molecule has 20 heavy (non-hydrogen) atoms. The number of ether oxygens (including phenoxy) is 1. The highest BCUT2D eigenvalue weighted by Crippen LogP contribution is 2.39. The Balaban J connectivity index is 2.03. The lowest BCUT2D eigenvalue weighted by molar-refractivity contribution is 0.253. The topological polar surface area (TPSA) is 45.0 Å². The van der Waals surface area contributed by atoms with Gasteiger partial charge in [-0.1, -0.05) is 35.9 Å². The molecule has 4 heteroatoms. The van der Waals surface area contributed by atoms with Gasteiger partial charge in [0, 0.05) is 22.7 Å². The van der Waals surface area contributed by atoms with Gasteiger partial charge >= 0.3 is 0 Å². The lowest BCUT2D eigenvalue weighted by Gasteiger charge is -2.34. The fourth-order valence-electron chi connectivity index (χ4n) is 2.48. The van der Waals surface area contributed by atoms with Crippen LogP contribution in [0.5, 0.6) is 5.75 Å². The number of hydrogen-bond acceptors (Lipinski definition) is 3. The average Bonchev–Trinajstić information content (AvgIpc) is 2.47. The van der Waals surface area contributed by atoms with Crippen molar-refractivity contribution in [2.45, 2.75) is 12.0 Å². The number of nitrogens with one attached hydrogen (secondary N) is 1. The number of halogens is 1. The number of para-hydroxylation sites is 1. The van der Waals surface area contributed by atoms with E-state index < -0.39 is 5.54 Å². The fraction of sp³-hybridized carbons (Fsp3) is 0.188. The molecule has 0 saturated heterocycles. The maximum Gasteiger partial charge on any atom is 0.157 e. The van der Waals surface area contributed by atoms with E-state index in [2.05, 4.69) is 11.4 Å². The first-order chi connectivity index (χ1) is 9.73. The monoisotopic (exact) mass is 284 g/mol. The summed E-state index contributed by atoms with van der Waals surface area (Å²) < 4.78 is 5.62. The molecular formula is C16H13ClN2O. The summed E-state index contributed by atoms with van der Waals surface area (Å²) in [5.41, 5.74) is 0.920. The largest absolute Gasteiger partial charge is 0.493 e. The molecule has 0 fully saturated rings. The predicted molar refractivity (Wildman–Crippen MR) is 78.9 cm³/mol. The quantitative estimate of drug-likeness (QED) is 0.908. The lowest BCUT2D eigenvalue weighted by Crippen LogP contribution is -2.38. The molecule has 1 aliphatic heterocycles. The zero-order valence-electron chi connectivity index (χ0n) is 10.8. The molecule has 1 unspecified atom stereocenters. The Morgan fingerprint density at radius 3 is 2.85 bits per heavy atom. The Hall–Kier alpha value is -2.18. The highest BCUT2D eigenvalue weighted by Gasteiger charge is 2.38. The second kappa shape index (κ2) is 5.07. The zero-order chi connectivity index (χ0) is 14.0. The summed E-state index contributed by atoms with van der Waals surface area (Å²) in [5.74, 6) is 0.759. The van der Waals surface area contributed by atoms with Crippen molar-refractivity contribution in [1.29, 1.82) is 5.26 Å². The molecule has 0 amide bonds. The van der Waals surface area contributed by atoms with Gasteiger partial charge in [-0.25, -0.2) is 0 Å². The molecule has 2 aromatic carbocycles. The van der Waals surface area contributed by atoms with Crippen LogP contribution in [-0.2, 0) is 5.54 Å². The van der Waals surface area contributed by atoms with Gasteiger partial charge in [-0.2, -0.15) is 5.26 Å². The fourth-order valence-corrected chi connectivity index (χ4v) is 2.67. The molecule has 0 saturated carbocycles. The predicted octanol–water partition coefficient (Wildman–Crippen LogP) is 3.95. The number of fused-ring (bicyclic) bond motifs is 1.